The van der Waals surface area contributed by atoms with Crippen LogP contribution in [-0.4, -0.2) is 23.8 Å². The van der Waals surface area contributed by atoms with Gasteiger partial charge in [0.1, 0.15) is 17.3 Å². The Morgan fingerprint density at radius 2 is 1.68 bits per heavy atom. The number of ether oxygens (including phenoxy) is 1. The van der Waals surface area contributed by atoms with Crippen LogP contribution in [0.25, 0.3) is 5.57 Å². The van der Waals surface area contributed by atoms with Gasteiger partial charge in [-0.3, -0.25) is 14.5 Å². The fraction of sp³-hybridized carbons (Fsp3) is 0.0833. The van der Waals surface area contributed by atoms with Crippen LogP contribution in [-0.2, 0) is 16.1 Å². The summed E-state index contributed by atoms with van der Waals surface area (Å²) in [4.78, 5) is 27.7. The lowest BCUT2D eigenvalue weighted by molar-refractivity contribution is -0.137. The van der Waals surface area contributed by atoms with Crippen LogP contribution >= 0.6 is 11.6 Å². The third-order valence-electron chi connectivity index (χ3n) is 4.89. The molecule has 0 saturated heterocycles. The number of amides is 2. The zero-order chi connectivity index (χ0) is 22.0. The zero-order valence-corrected chi connectivity index (χ0v) is 17.3. The van der Waals surface area contributed by atoms with Gasteiger partial charge in [0.05, 0.1) is 19.2 Å². The maximum atomic E-state index is 13.5. The van der Waals surface area contributed by atoms with Gasteiger partial charge in [-0.25, -0.2) is 4.39 Å². The molecule has 2 amide bonds. The fourth-order valence-electron chi connectivity index (χ4n) is 3.34. The maximum absolute atomic E-state index is 13.5. The first-order valence-electron chi connectivity index (χ1n) is 9.48. The second-order valence-electron chi connectivity index (χ2n) is 6.94. The van der Waals surface area contributed by atoms with Gasteiger partial charge < -0.3 is 10.1 Å². The summed E-state index contributed by atoms with van der Waals surface area (Å²) in [6.45, 7) is 0.0861. The Bertz CT molecular complexity index is 1170. The molecule has 7 heteroatoms. The number of nitrogens with one attached hydrogen (secondary N) is 1. The van der Waals surface area contributed by atoms with E-state index in [4.69, 9.17) is 16.3 Å². The van der Waals surface area contributed by atoms with Crippen LogP contribution < -0.4 is 10.1 Å². The van der Waals surface area contributed by atoms with Gasteiger partial charge in [-0.1, -0.05) is 41.9 Å². The van der Waals surface area contributed by atoms with Crippen molar-refractivity contribution in [2.45, 2.75) is 6.54 Å². The average Bonchev–Trinajstić information content (AvgIpc) is 3.00. The highest BCUT2D eigenvalue weighted by molar-refractivity contribution is 6.36. The van der Waals surface area contributed by atoms with E-state index in [0.717, 1.165) is 10.5 Å². The molecule has 3 aromatic rings. The zero-order valence-electron chi connectivity index (χ0n) is 16.6. The summed E-state index contributed by atoms with van der Waals surface area (Å²) in [5.74, 6) is -0.760. The Balaban J connectivity index is 1.73. The minimum atomic E-state index is -0.470. The van der Waals surface area contributed by atoms with Crippen LogP contribution in [0.4, 0.5) is 10.1 Å². The monoisotopic (exact) mass is 436 g/mol. The largest absolute Gasteiger partial charge is 0.497 e. The maximum Gasteiger partial charge on any atom is 0.278 e. The van der Waals surface area contributed by atoms with Crippen molar-refractivity contribution in [2.75, 3.05) is 12.4 Å². The molecule has 0 spiro atoms. The van der Waals surface area contributed by atoms with E-state index in [-0.39, 0.29) is 17.8 Å². The van der Waals surface area contributed by atoms with Crippen molar-refractivity contribution in [1.29, 1.82) is 0 Å². The van der Waals surface area contributed by atoms with Crippen LogP contribution in [0.5, 0.6) is 5.75 Å². The number of hydrogen-bond donors (Lipinski definition) is 1. The van der Waals surface area contributed by atoms with E-state index in [1.54, 1.807) is 55.6 Å². The van der Waals surface area contributed by atoms with Gasteiger partial charge in [-0.15, -0.1) is 0 Å². The topological polar surface area (TPSA) is 58.6 Å². The number of carbonyl (C=O) groups excluding carboxylic acids is 2. The highest BCUT2D eigenvalue weighted by atomic mass is 35.5. The van der Waals surface area contributed by atoms with Crippen molar-refractivity contribution < 1.29 is 18.7 Å². The Labute approximate surface area is 183 Å². The Hall–Kier alpha value is -3.64. The highest BCUT2D eigenvalue weighted by Gasteiger charge is 2.39. The van der Waals surface area contributed by atoms with E-state index >= 15 is 0 Å². The van der Waals surface area contributed by atoms with E-state index < -0.39 is 17.6 Å². The number of methoxy groups -OCH3 is 1. The Kier molecular flexibility index (Phi) is 5.73. The van der Waals surface area contributed by atoms with Crippen molar-refractivity contribution >= 4 is 34.7 Å². The predicted molar refractivity (Wildman–Crippen MR) is 117 cm³/mol. The minimum Gasteiger partial charge on any atom is -0.497 e. The molecular weight excluding hydrogens is 419 g/mol. The van der Waals surface area contributed by atoms with Gasteiger partial charge in [0, 0.05) is 16.8 Å². The van der Waals surface area contributed by atoms with E-state index in [1.165, 1.54) is 24.3 Å². The minimum absolute atomic E-state index is 0.0861. The number of halogens is 2. The first-order valence-corrected chi connectivity index (χ1v) is 9.86. The lowest BCUT2D eigenvalue weighted by Crippen LogP contribution is -2.32. The van der Waals surface area contributed by atoms with Gasteiger partial charge in [0.25, 0.3) is 11.8 Å². The summed E-state index contributed by atoms with van der Waals surface area (Å²) in [5, 5.41) is 3.62. The molecule has 4 rings (SSSR count). The van der Waals surface area contributed by atoms with Crippen LogP contribution in [0, 0.1) is 5.82 Å². The van der Waals surface area contributed by atoms with Gasteiger partial charge in [-0.05, 0) is 47.5 Å². The van der Waals surface area contributed by atoms with Crippen molar-refractivity contribution in [3.05, 3.63) is 100 Å². The highest BCUT2D eigenvalue weighted by Crippen LogP contribution is 2.32. The smallest absolute Gasteiger partial charge is 0.278 e. The standard InChI is InChI=1S/C24H18ClFN2O3/c1-31-20-4-2-3-19(13-20)27-22-21(16-7-11-18(26)12-8-16)23(29)28(24(22)30)14-15-5-9-17(25)10-6-15/h2-13,27H,14H2,1H3. The number of rotatable bonds is 6. The van der Waals surface area contributed by atoms with E-state index in [1.807, 2.05) is 0 Å². The number of carbonyl (C=O) groups is 2. The van der Waals surface area contributed by atoms with E-state index in [2.05, 4.69) is 5.32 Å². The third-order valence-corrected chi connectivity index (χ3v) is 5.15. The van der Waals surface area contributed by atoms with Gasteiger partial charge in [0.2, 0.25) is 0 Å². The molecule has 0 radical (unpaired) electrons. The van der Waals surface area contributed by atoms with Crippen LogP contribution in [0.1, 0.15) is 11.1 Å². The summed E-state index contributed by atoms with van der Waals surface area (Å²) < 4.78 is 18.7. The first-order chi connectivity index (χ1) is 15.0. The SMILES string of the molecule is COc1cccc(NC2=C(c3ccc(F)cc3)C(=O)N(Cc3ccc(Cl)cc3)C2=O)c1. The molecule has 3 aromatic carbocycles. The van der Waals surface area contributed by atoms with Crippen molar-refractivity contribution in [2.24, 2.45) is 0 Å². The second-order valence-corrected chi connectivity index (χ2v) is 7.37. The third kappa shape index (κ3) is 4.29. The van der Waals surface area contributed by atoms with E-state index in [0.29, 0.717) is 22.0 Å². The predicted octanol–water partition coefficient (Wildman–Crippen LogP) is 4.88. The molecule has 1 heterocycles. The summed E-state index contributed by atoms with van der Waals surface area (Å²) in [5.41, 5.74) is 2.10. The van der Waals surface area contributed by atoms with Crippen LogP contribution in [0.15, 0.2) is 78.5 Å². The van der Waals surface area contributed by atoms with Crippen molar-refractivity contribution in [1.82, 2.24) is 4.90 Å². The van der Waals surface area contributed by atoms with Crippen molar-refractivity contribution in [3.63, 3.8) is 0 Å². The van der Waals surface area contributed by atoms with Crippen molar-refractivity contribution in [3.8, 4) is 5.75 Å². The van der Waals surface area contributed by atoms with Crippen LogP contribution in [0.3, 0.4) is 0 Å². The molecule has 156 valence electrons. The molecule has 31 heavy (non-hydrogen) atoms. The summed E-state index contributed by atoms with van der Waals surface area (Å²) in [6.07, 6.45) is 0. The molecule has 0 aliphatic carbocycles. The molecule has 0 bridgehead atoms. The number of anilines is 1. The molecular formula is C24H18ClFN2O3. The number of benzene rings is 3. The molecule has 1 aliphatic rings. The molecule has 1 N–H and O–H groups in total. The summed E-state index contributed by atoms with van der Waals surface area (Å²) in [6, 6.07) is 19.4. The molecule has 0 atom stereocenters. The molecule has 5 nitrogen and oxygen atoms in total. The molecule has 0 unspecified atom stereocenters. The lowest BCUT2D eigenvalue weighted by Gasteiger charge is -2.15. The summed E-state index contributed by atoms with van der Waals surface area (Å²) >= 11 is 5.93. The van der Waals surface area contributed by atoms with Crippen LogP contribution in [0.2, 0.25) is 5.02 Å². The van der Waals surface area contributed by atoms with E-state index in [9.17, 15) is 14.0 Å². The average molecular weight is 437 g/mol. The summed E-state index contributed by atoms with van der Waals surface area (Å²) in [7, 11) is 1.54. The van der Waals surface area contributed by atoms with Gasteiger partial charge in [0.15, 0.2) is 0 Å². The lowest BCUT2D eigenvalue weighted by atomic mass is 10.0. The first kappa shape index (κ1) is 20.6. The molecule has 1 aliphatic heterocycles. The van der Waals surface area contributed by atoms with Gasteiger partial charge in [-0.2, -0.15) is 0 Å². The van der Waals surface area contributed by atoms with Gasteiger partial charge >= 0.3 is 0 Å². The molecule has 0 fully saturated rings. The Morgan fingerprint density at radius 3 is 2.35 bits per heavy atom. The molecule has 0 aromatic heterocycles. The molecule has 0 saturated carbocycles. The fourth-order valence-corrected chi connectivity index (χ4v) is 3.46. The Morgan fingerprint density at radius 1 is 0.968 bits per heavy atom. The number of imide groups is 1. The second kappa shape index (κ2) is 8.62. The number of nitrogens with zero attached hydrogens (tertiary/aromatic N) is 1. The number of hydrogen-bond acceptors (Lipinski definition) is 4. The normalized spacial score (nSPS) is 13.7. The quantitative estimate of drug-likeness (QED) is 0.559.